The lowest BCUT2D eigenvalue weighted by Crippen LogP contribution is -2.43. The van der Waals surface area contributed by atoms with Crippen molar-refractivity contribution < 1.29 is 8.42 Å². The van der Waals surface area contributed by atoms with Crippen LogP contribution in [0.15, 0.2) is 30.5 Å². The molecule has 1 saturated heterocycles. The van der Waals surface area contributed by atoms with E-state index in [1.54, 1.807) is 24.4 Å². The molecule has 3 aromatic heterocycles. The van der Waals surface area contributed by atoms with E-state index in [2.05, 4.69) is 60.9 Å². The smallest absolute Gasteiger partial charge is 0.235 e. The SMILES string of the molecule is O=S(=O)(CCNc1nc(N2CCN(I)CC2)nc2cnc(Cl)cc12)Nc1cccc(Cl)n1. The van der Waals surface area contributed by atoms with Crippen LogP contribution in [-0.2, 0) is 10.0 Å². The monoisotopic (exact) mass is 608 g/mol. The van der Waals surface area contributed by atoms with Gasteiger partial charge in [0.05, 0.1) is 17.5 Å². The molecule has 0 saturated carbocycles. The number of nitrogens with zero attached hydrogens (tertiary/aromatic N) is 6. The molecule has 1 aliphatic heterocycles. The number of pyridine rings is 2. The van der Waals surface area contributed by atoms with Crippen LogP contribution in [0.2, 0.25) is 10.3 Å². The topological polar surface area (TPSA) is 116 Å². The van der Waals surface area contributed by atoms with Gasteiger partial charge in [-0.3, -0.25) is 4.72 Å². The molecule has 0 bridgehead atoms. The molecule has 3 aromatic rings. The Morgan fingerprint density at radius 2 is 1.84 bits per heavy atom. The van der Waals surface area contributed by atoms with Gasteiger partial charge in [0.1, 0.15) is 21.9 Å². The van der Waals surface area contributed by atoms with E-state index in [4.69, 9.17) is 23.2 Å². The third kappa shape index (κ3) is 5.98. The quantitative estimate of drug-likeness (QED) is 0.237. The maximum Gasteiger partial charge on any atom is 0.235 e. The molecule has 32 heavy (non-hydrogen) atoms. The van der Waals surface area contributed by atoms with Gasteiger partial charge in [0.2, 0.25) is 16.0 Å². The van der Waals surface area contributed by atoms with Crippen molar-refractivity contribution in [2.24, 2.45) is 0 Å². The van der Waals surface area contributed by atoms with Crippen molar-refractivity contribution in [3.05, 3.63) is 40.8 Å². The van der Waals surface area contributed by atoms with E-state index in [0.29, 0.717) is 27.8 Å². The second-order valence-electron chi connectivity index (χ2n) is 6.99. The number of anilines is 3. The van der Waals surface area contributed by atoms with Crippen molar-refractivity contribution in [3.8, 4) is 0 Å². The summed E-state index contributed by atoms with van der Waals surface area (Å²) in [4.78, 5) is 19.4. The minimum atomic E-state index is -3.65. The van der Waals surface area contributed by atoms with Crippen LogP contribution in [0.3, 0.4) is 0 Å². The van der Waals surface area contributed by atoms with Gasteiger partial charge in [0.15, 0.2) is 0 Å². The van der Waals surface area contributed by atoms with Gasteiger partial charge < -0.3 is 10.2 Å². The van der Waals surface area contributed by atoms with Crippen LogP contribution in [0.4, 0.5) is 17.6 Å². The Bertz CT molecular complexity index is 1220. The molecule has 10 nitrogen and oxygen atoms in total. The molecule has 1 fully saturated rings. The highest BCUT2D eigenvalue weighted by atomic mass is 127. The van der Waals surface area contributed by atoms with Gasteiger partial charge >= 0.3 is 0 Å². The van der Waals surface area contributed by atoms with Gasteiger partial charge in [-0.1, -0.05) is 29.3 Å². The number of nitrogens with one attached hydrogen (secondary N) is 2. The Balaban J connectivity index is 1.51. The molecule has 2 N–H and O–H groups in total. The van der Waals surface area contributed by atoms with Crippen LogP contribution < -0.4 is 14.9 Å². The van der Waals surface area contributed by atoms with Crippen molar-refractivity contribution in [1.82, 2.24) is 23.0 Å². The van der Waals surface area contributed by atoms with Gasteiger partial charge in [0.25, 0.3) is 0 Å². The van der Waals surface area contributed by atoms with E-state index >= 15 is 0 Å². The summed E-state index contributed by atoms with van der Waals surface area (Å²) in [5, 5.41) is 4.29. The van der Waals surface area contributed by atoms with Crippen LogP contribution >= 0.6 is 46.1 Å². The fourth-order valence-electron chi connectivity index (χ4n) is 3.13. The van der Waals surface area contributed by atoms with Crippen molar-refractivity contribution in [1.29, 1.82) is 0 Å². The predicted molar refractivity (Wildman–Crippen MR) is 135 cm³/mol. The molecule has 14 heteroatoms. The zero-order valence-corrected chi connectivity index (χ0v) is 21.2. The average molecular weight is 609 g/mol. The molecular weight excluding hydrogens is 590 g/mol. The molecule has 0 atom stereocenters. The molecular formula is C18H19Cl2IN8O2S. The summed E-state index contributed by atoms with van der Waals surface area (Å²) in [7, 11) is -3.65. The Morgan fingerprint density at radius 3 is 2.59 bits per heavy atom. The molecule has 4 heterocycles. The number of halogens is 3. The van der Waals surface area contributed by atoms with E-state index in [0.717, 1.165) is 26.2 Å². The Labute approximate surface area is 209 Å². The highest BCUT2D eigenvalue weighted by Gasteiger charge is 2.20. The van der Waals surface area contributed by atoms with Gasteiger partial charge in [-0.2, -0.15) is 4.98 Å². The van der Waals surface area contributed by atoms with Crippen molar-refractivity contribution in [3.63, 3.8) is 0 Å². The lowest BCUT2D eigenvalue weighted by Gasteiger charge is -2.31. The van der Waals surface area contributed by atoms with Gasteiger partial charge in [-0.05, 0) is 18.2 Å². The third-order valence-corrected chi connectivity index (χ3v) is 7.33. The zero-order chi connectivity index (χ0) is 22.7. The summed E-state index contributed by atoms with van der Waals surface area (Å²) in [6.07, 6.45) is 1.59. The van der Waals surface area contributed by atoms with Crippen LogP contribution in [-0.4, -0.2) is 69.9 Å². The Kier molecular flexibility index (Phi) is 7.34. The first-order valence-corrected chi connectivity index (χ1v) is 13.0. The largest absolute Gasteiger partial charge is 0.368 e. The maximum atomic E-state index is 12.5. The number of rotatable bonds is 7. The standard InChI is InChI=1S/C18H19Cl2IN8O2S/c19-14-2-1-3-16(25-14)27-32(30,31)9-4-22-17-12-10-15(20)23-11-13(12)24-18(26-17)28-5-7-29(21)8-6-28/h1-3,10-11H,4-9H2,(H,25,27)(H,22,24,26). The normalized spacial score (nSPS) is 15.2. The molecule has 0 aliphatic carbocycles. The molecule has 0 aromatic carbocycles. The van der Waals surface area contributed by atoms with E-state index in [-0.39, 0.29) is 23.3 Å². The molecule has 0 radical (unpaired) electrons. The third-order valence-electron chi connectivity index (χ3n) is 4.68. The van der Waals surface area contributed by atoms with Gasteiger partial charge in [-0.25, -0.2) is 26.5 Å². The van der Waals surface area contributed by atoms with Gasteiger partial charge in [0, 0.05) is 61.0 Å². The summed E-state index contributed by atoms with van der Waals surface area (Å²) >= 11 is 14.2. The first-order chi connectivity index (χ1) is 15.3. The van der Waals surface area contributed by atoms with Gasteiger partial charge in [-0.15, -0.1) is 0 Å². The predicted octanol–water partition coefficient (Wildman–Crippen LogP) is 3.05. The zero-order valence-electron chi connectivity index (χ0n) is 16.7. The Hall–Kier alpha value is -1.74. The first-order valence-electron chi connectivity index (χ1n) is 9.65. The Morgan fingerprint density at radius 1 is 1.06 bits per heavy atom. The molecule has 0 amide bonds. The van der Waals surface area contributed by atoms with E-state index in [1.807, 2.05) is 0 Å². The fourth-order valence-corrected chi connectivity index (χ4v) is 4.79. The minimum Gasteiger partial charge on any atom is -0.368 e. The van der Waals surface area contributed by atoms with Crippen molar-refractivity contribution >= 4 is 84.6 Å². The highest BCUT2D eigenvalue weighted by Crippen LogP contribution is 2.26. The first kappa shape index (κ1) is 23.4. The van der Waals surface area contributed by atoms with Crippen molar-refractivity contribution in [2.45, 2.75) is 0 Å². The maximum absolute atomic E-state index is 12.5. The number of piperazine rings is 1. The molecule has 4 rings (SSSR count). The minimum absolute atomic E-state index is 0.114. The molecule has 0 spiro atoms. The van der Waals surface area contributed by atoms with Crippen LogP contribution in [0.5, 0.6) is 0 Å². The second-order valence-corrected chi connectivity index (χ2v) is 11.0. The highest BCUT2D eigenvalue weighted by molar-refractivity contribution is 14.1. The summed E-state index contributed by atoms with van der Waals surface area (Å²) in [5.74, 6) is 1.04. The summed E-state index contributed by atoms with van der Waals surface area (Å²) in [6, 6.07) is 6.38. The molecule has 0 unspecified atom stereocenters. The number of sulfonamides is 1. The number of fused-ring (bicyclic) bond motifs is 1. The summed E-state index contributed by atoms with van der Waals surface area (Å²) in [6.45, 7) is 3.48. The number of hydrogen-bond acceptors (Lipinski definition) is 9. The molecule has 1 aliphatic rings. The number of hydrogen-bond donors (Lipinski definition) is 2. The lowest BCUT2D eigenvalue weighted by atomic mass is 10.3. The summed E-state index contributed by atoms with van der Waals surface area (Å²) in [5.41, 5.74) is 0.628. The van der Waals surface area contributed by atoms with Crippen LogP contribution in [0.1, 0.15) is 0 Å². The van der Waals surface area contributed by atoms with E-state index in [1.165, 1.54) is 6.07 Å². The average Bonchev–Trinajstić information content (AvgIpc) is 2.74. The van der Waals surface area contributed by atoms with Crippen molar-refractivity contribution in [2.75, 3.05) is 53.4 Å². The van der Waals surface area contributed by atoms with Crippen LogP contribution in [0, 0.1) is 0 Å². The number of aromatic nitrogens is 4. The lowest BCUT2D eigenvalue weighted by molar-refractivity contribution is 0.456. The van der Waals surface area contributed by atoms with E-state index < -0.39 is 10.0 Å². The second kappa shape index (κ2) is 10.0. The fraction of sp³-hybridized carbons (Fsp3) is 0.333. The van der Waals surface area contributed by atoms with Crippen LogP contribution in [0.25, 0.3) is 10.9 Å². The summed E-state index contributed by atoms with van der Waals surface area (Å²) < 4.78 is 29.5. The molecule has 170 valence electrons. The van der Waals surface area contributed by atoms with E-state index in [9.17, 15) is 8.42 Å².